The van der Waals surface area contributed by atoms with Crippen molar-refractivity contribution in [2.45, 2.75) is 6.61 Å². The molecule has 1 aromatic carbocycles. The molecule has 0 aliphatic carbocycles. The Bertz CT molecular complexity index is 440. The van der Waals surface area contributed by atoms with E-state index in [0.717, 1.165) is 5.76 Å². The number of hydrogen-bond donors (Lipinski definition) is 0. The van der Waals surface area contributed by atoms with Crippen LogP contribution in [0.2, 0.25) is 0 Å². The van der Waals surface area contributed by atoms with Gasteiger partial charge in [0, 0.05) is 0 Å². The van der Waals surface area contributed by atoms with Crippen molar-refractivity contribution in [3.05, 3.63) is 52.6 Å². The second-order valence-electron chi connectivity index (χ2n) is 2.94. The first-order chi connectivity index (χ1) is 7.25. The van der Waals surface area contributed by atoms with Gasteiger partial charge in [0.15, 0.2) is 0 Å². The number of furan rings is 1. The van der Waals surface area contributed by atoms with Crippen molar-refractivity contribution in [2.24, 2.45) is 0 Å². The maximum absolute atomic E-state index is 12.8. The Morgan fingerprint density at radius 3 is 2.87 bits per heavy atom. The highest BCUT2D eigenvalue weighted by Gasteiger charge is 2.03. The highest BCUT2D eigenvalue weighted by Crippen LogP contribution is 2.26. The summed E-state index contributed by atoms with van der Waals surface area (Å²) in [6.07, 6.45) is 1.58. The Hall–Kier alpha value is -1.29. The number of ether oxygens (including phenoxy) is 1. The SMILES string of the molecule is Fc1ccc(OCc2ccco2)c(Br)c1. The molecule has 78 valence electrons. The summed E-state index contributed by atoms with van der Waals surface area (Å²) in [7, 11) is 0. The van der Waals surface area contributed by atoms with Gasteiger partial charge in [0.25, 0.3) is 0 Å². The summed E-state index contributed by atoms with van der Waals surface area (Å²) in [6, 6.07) is 7.89. The first kappa shape index (κ1) is 10.2. The van der Waals surface area contributed by atoms with Crippen molar-refractivity contribution in [3.63, 3.8) is 0 Å². The third kappa shape index (κ3) is 2.59. The van der Waals surface area contributed by atoms with Crippen LogP contribution in [-0.4, -0.2) is 0 Å². The summed E-state index contributed by atoms with van der Waals surface area (Å²) < 4.78 is 23.9. The molecule has 0 N–H and O–H groups in total. The summed E-state index contributed by atoms with van der Waals surface area (Å²) >= 11 is 3.22. The van der Waals surface area contributed by atoms with E-state index in [0.29, 0.717) is 16.8 Å². The molecule has 0 radical (unpaired) electrons. The molecular formula is C11H8BrFO2. The van der Waals surface area contributed by atoms with Gasteiger partial charge in [-0.25, -0.2) is 4.39 Å². The highest BCUT2D eigenvalue weighted by molar-refractivity contribution is 9.10. The molecule has 0 fully saturated rings. The van der Waals surface area contributed by atoms with Gasteiger partial charge in [-0.15, -0.1) is 0 Å². The first-order valence-electron chi connectivity index (χ1n) is 4.36. The van der Waals surface area contributed by atoms with Crippen molar-refractivity contribution in [1.29, 1.82) is 0 Å². The average Bonchev–Trinajstić information content (AvgIpc) is 2.69. The van der Waals surface area contributed by atoms with Crippen LogP contribution in [0.5, 0.6) is 5.75 Å². The van der Waals surface area contributed by atoms with E-state index in [1.54, 1.807) is 18.4 Å². The van der Waals surface area contributed by atoms with Gasteiger partial charge in [-0.3, -0.25) is 0 Å². The summed E-state index contributed by atoms with van der Waals surface area (Å²) in [5.41, 5.74) is 0. The van der Waals surface area contributed by atoms with Gasteiger partial charge in [0.05, 0.1) is 10.7 Å². The maximum atomic E-state index is 12.8. The van der Waals surface area contributed by atoms with Crippen LogP contribution < -0.4 is 4.74 Å². The van der Waals surface area contributed by atoms with Gasteiger partial charge in [0.1, 0.15) is 23.9 Å². The predicted octanol–water partition coefficient (Wildman–Crippen LogP) is 3.76. The lowest BCUT2D eigenvalue weighted by molar-refractivity contribution is 0.268. The zero-order valence-corrected chi connectivity index (χ0v) is 9.33. The Labute approximate surface area is 94.8 Å². The number of halogens is 2. The maximum Gasteiger partial charge on any atom is 0.146 e. The molecule has 0 saturated heterocycles. The highest BCUT2D eigenvalue weighted by atomic mass is 79.9. The largest absolute Gasteiger partial charge is 0.484 e. The fourth-order valence-electron chi connectivity index (χ4n) is 1.14. The van der Waals surface area contributed by atoms with Crippen LogP contribution in [-0.2, 0) is 6.61 Å². The second-order valence-corrected chi connectivity index (χ2v) is 3.80. The second kappa shape index (κ2) is 4.49. The minimum Gasteiger partial charge on any atom is -0.484 e. The quantitative estimate of drug-likeness (QED) is 0.848. The summed E-state index contributed by atoms with van der Waals surface area (Å²) in [5, 5.41) is 0. The van der Waals surface area contributed by atoms with Gasteiger partial charge in [-0.05, 0) is 46.3 Å². The number of benzene rings is 1. The fraction of sp³-hybridized carbons (Fsp3) is 0.0909. The molecule has 1 heterocycles. The van der Waals surface area contributed by atoms with Crippen molar-refractivity contribution in [1.82, 2.24) is 0 Å². The van der Waals surface area contributed by atoms with Crippen molar-refractivity contribution in [2.75, 3.05) is 0 Å². The standard InChI is InChI=1S/C11H8BrFO2/c12-10-6-8(13)3-4-11(10)15-7-9-2-1-5-14-9/h1-6H,7H2. The number of rotatable bonds is 3. The smallest absolute Gasteiger partial charge is 0.146 e. The summed E-state index contributed by atoms with van der Waals surface area (Å²) in [5.74, 6) is 1.02. The molecule has 0 bridgehead atoms. The molecule has 2 nitrogen and oxygen atoms in total. The van der Waals surface area contributed by atoms with E-state index in [2.05, 4.69) is 15.9 Å². The van der Waals surface area contributed by atoms with Crippen LogP contribution in [0, 0.1) is 5.82 Å². The monoisotopic (exact) mass is 270 g/mol. The lowest BCUT2D eigenvalue weighted by Crippen LogP contribution is -1.94. The minimum atomic E-state index is -0.299. The molecule has 0 saturated carbocycles. The molecule has 0 atom stereocenters. The molecule has 2 rings (SSSR count). The van der Waals surface area contributed by atoms with E-state index in [4.69, 9.17) is 9.15 Å². The molecule has 0 aliphatic rings. The Morgan fingerprint density at radius 1 is 1.33 bits per heavy atom. The van der Waals surface area contributed by atoms with E-state index >= 15 is 0 Å². The van der Waals surface area contributed by atoms with Crippen LogP contribution in [0.25, 0.3) is 0 Å². The van der Waals surface area contributed by atoms with Crippen molar-refractivity contribution < 1.29 is 13.5 Å². The predicted molar refractivity (Wildman–Crippen MR) is 57.1 cm³/mol. The Balaban J connectivity index is 2.05. The Morgan fingerprint density at radius 2 is 2.20 bits per heavy atom. The van der Waals surface area contributed by atoms with E-state index in [9.17, 15) is 4.39 Å². The van der Waals surface area contributed by atoms with E-state index in [1.165, 1.54) is 12.1 Å². The van der Waals surface area contributed by atoms with Crippen LogP contribution in [0.3, 0.4) is 0 Å². The van der Waals surface area contributed by atoms with Gasteiger partial charge >= 0.3 is 0 Å². The van der Waals surface area contributed by atoms with Crippen LogP contribution in [0.15, 0.2) is 45.5 Å². The molecule has 0 amide bonds. The lowest BCUT2D eigenvalue weighted by Gasteiger charge is -2.06. The number of hydrogen-bond acceptors (Lipinski definition) is 2. The third-order valence-corrected chi connectivity index (χ3v) is 2.46. The average molecular weight is 271 g/mol. The van der Waals surface area contributed by atoms with Gasteiger partial charge in [0.2, 0.25) is 0 Å². The van der Waals surface area contributed by atoms with Crippen molar-refractivity contribution in [3.8, 4) is 5.75 Å². The first-order valence-corrected chi connectivity index (χ1v) is 5.15. The molecule has 0 aliphatic heterocycles. The molecule has 4 heteroatoms. The van der Waals surface area contributed by atoms with Crippen LogP contribution in [0.4, 0.5) is 4.39 Å². The molecule has 0 unspecified atom stereocenters. The normalized spacial score (nSPS) is 10.3. The van der Waals surface area contributed by atoms with Gasteiger partial charge in [-0.1, -0.05) is 0 Å². The molecule has 15 heavy (non-hydrogen) atoms. The van der Waals surface area contributed by atoms with Gasteiger partial charge < -0.3 is 9.15 Å². The summed E-state index contributed by atoms with van der Waals surface area (Å²) in [6.45, 7) is 0.331. The minimum absolute atomic E-state index is 0.299. The zero-order valence-electron chi connectivity index (χ0n) is 7.74. The lowest BCUT2D eigenvalue weighted by atomic mass is 10.3. The van der Waals surface area contributed by atoms with Crippen LogP contribution in [0.1, 0.15) is 5.76 Å². The topological polar surface area (TPSA) is 22.4 Å². The zero-order chi connectivity index (χ0) is 10.7. The van der Waals surface area contributed by atoms with Crippen molar-refractivity contribution >= 4 is 15.9 Å². The molecule has 1 aromatic heterocycles. The fourth-order valence-corrected chi connectivity index (χ4v) is 1.60. The molecule has 0 spiro atoms. The third-order valence-electron chi connectivity index (χ3n) is 1.84. The van der Waals surface area contributed by atoms with E-state index < -0.39 is 0 Å². The molecular weight excluding hydrogens is 263 g/mol. The summed E-state index contributed by atoms with van der Waals surface area (Å²) in [4.78, 5) is 0. The molecule has 2 aromatic rings. The van der Waals surface area contributed by atoms with E-state index in [-0.39, 0.29) is 5.82 Å². The van der Waals surface area contributed by atoms with Crippen LogP contribution >= 0.6 is 15.9 Å². The van der Waals surface area contributed by atoms with E-state index in [1.807, 2.05) is 6.07 Å². The van der Waals surface area contributed by atoms with Gasteiger partial charge in [-0.2, -0.15) is 0 Å². The Kier molecular flexibility index (Phi) is 3.06.